The molecule has 2 aromatic heterocycles. The van der Waals surface area contributed by atoms with Gasteiger partial charge >= 0.3 is 0 Å². The molecule has 0 aliphatic heterocycles. The first-order valence-electron chi connectivity index (χ1n) is 5.11. The molecule has 0 saturated heterocycles. The Morgan fingerprint density at radius 1 is 1.50 bits per heavy atom. The van der Waals surface area contributed by atoms with Gasteiger partial charge in [-0.25, -0.2) is 5.10 Å². The third-order valence-corrected chi connectivity index (χ3v) is 3.05. The molecule has 0 aromatic carbocycles. The number of aromatic nitrogens is 3. The first-order valence-corrected chi connectivity index (χ1v) is 5.99. The maximum atomic E-state index is 4.28. The van der Waals surface area contributed by atoms with E-state index >= 15 is 0 Å². The number of rotatable bonds is 5. The van der Waals surface area contributed by atoms with Crippen molar-refractivity contribution in [1.29, 1.82) is 0 Å². The van der Waals surface area contributed by atoms with Crippen LogP contribution in [0.2, 0.25) is 0 Å². The molecule has 0 radical (unpaired) electrons. The number of anilines is 2. The number of nitrogens with one attached hydrogen (secondary N) is 2. The van der Waals surface area contributed by atoms with E-state index in [2.05, 4.69) is 38.0 Å². The first-order chi connectivity index (χ1) is 7.75. The van der Waals surface area contributed by atoms with Gasteiger partial charge in [0.05, 0.1) is 0 Å². The molecule has 0 amide bonds. The minimum atomic E-state index is 0.693. The molecule has 2 rings (SSSR count). The van der Waals surface area contributed by atoms with Crippen LogP contribution in [0.4, 0.5) is 11.9 Å². The van der Waals surface area contributed by atoms with E-state index in [1.165, 1.54) is 4.88 Å². The molecule has 0 spiro atoms. The molecule has 0 atom stereocenters. The minimum absolute atomic E-state index is 0.693. The predicted octanol–water partition coefficient (Wildman–Crippen LogP) is 1.59. The summed E-state index contributed by atoms with van der Waals surface area (Å²) in [4.78, 5) is 7.52. The van der Waals surface area contributed by atoms with E-state index in [0.29, 0.717) is 5.95 Å². The summed E-state index contributed by atoms with van der Waals surface area (Å²) in [5, 5.41) is 12.2. The molecule has 6 heteroatoms. The molecule has 2 heterocycles. The maximum Gasteiger partial charge on any atom is 0.245 e. The molecular formula is C10H15N5S. The first kappa shape index (κ1) is 10.9. The van der Waals surface area contributed by atoms with Crippen LogP contribution >= 0.6 is 11.3 Å². The number of hydrogen-bond acceptors (Lipinski definition) is 5. The Hall–Kier alpha value is -1.56. The van der Waals surface area contributed by atoms with Crippen LogP contribution in [0.1, 0.15) is 4.88 Å². The van der Waals surface area contributed by atoms with Crippen LogP contribution in [-0.4, -0.2) is 35.8 Å². The van der Waals surface area contributed by atoms with Crippen LogP contribution in [0.25, 0.3) is 0 Å². The molecule has 16 heavy (non-hydrogen) atoms. The molecule has 86 valence electrons. The van der Waals surface area contributed by atoms with Gasteiger partial charge in [-0.3, -0.25) is 0 Å². The lowest BCUT2D eigenvalue weighted by molar-refractivity contribution is 0.989. The van der Waals surface area contributed by atoms with Gasteiger partial charge in [0.2, 0.25) is 11.9 Å². The van der Waals surface area contributed by atoms with Gasteiger partial charge < -0.3 is 10.2 Å². The van der Waals surface area contributed by atoms with Gasteiger partial charge in [-0.2, -0.15) is 4.98 Å². The van der Waals surface area contributed by atoms with Crippen molar-refractivity contribution < 1.29 is 0 Å². The van der Waals surface area contributed by atoms with Gasteiger partial charge in [0.1, 0.15) is 0 Å². The topological polar surface area (TPSA) is 56.8 Å². The van der Waals surface area contributed by atoms with Gasteiger partial charge in [-0.05, 0) is 17.9 Å². The Bertz CT molecular complexity index is 420. The fourth-order valence-corrected chi connectivity index (χ4v) is 2.00. The fraction of sp³-hybridized carbons (Fsp3) is 0.400. The number of thiophene rings is 1. The number of H-pyrrole nitrogens is 1. The van der Waals surface area contributed by atoms with E-state index in [9.17, 15) is 0 Å². The van der Waals surface area contributed by atoms with Crippen molar-refractivity contribution in [2.75, 3.05) is 30.9 Å². The lowest BCUT2D eigenvalue weighted by Crippen LogP contribution is -2.10. The highest BCUT2D eigenvalue weighted by atomic mass is 32.1. The second-order valence-electron chi connectivity index (χ2n) is 3.63. The Balaban J connectivity index is 1.81. The molecule has 0 aliphatic carbocycles. The smallest absolute Gasteiger partial charge is 0.245 e. The summed E-state index contributed by atoms with van der Waals surface area (Å²) in [6, 6.07) is 4.20. The quantitative estimate of drug-likeness (QED) is 0.829. The SMILES string of the molecule is CN(C)c1n[nH]c(NCCc2cccs2)n1. The van der Waals surface area contributed by atoms with Gasteiger partial charge in [0.15, 0.2) is 0 Å². The Morgan fingerprint density at radius 2 is 2.38 bits per heavy atom. The van der Waals surface area contributed by atoms with Gasteiger partial charge in [-0.15, -0.1) is 16.4 Å². The van der Waals surface area contributed by atoms with Crippen molar-refractivity contribution in [1.82, 2.24) is 15.2 Å². The summed E-state index contributed by atoms with van der Waals surface area (Å²) in [7, 11) is 3.83. The van der Waals surface area contributed by atoms with Crippen molar-refractivity contribution >= 4 is 23.2 Å². The normalized spacial score (nSPS) is 10.4. The molecule has 0 aliphatic rings. The van der Waals surface area contributed by atoms with Crippen LogP contribution in [0, 0.1) is 0 Å². The summed E-state index contributed by atoms with van der Waals surface area (Å²) < 4.78 is 0. The van der Waals surface area contributed by atoms with Crippen molar-refractivity contribution in [3.8, 4) is 0 Å². The van der Waals surface area contributed by atoms with E-state index < -0.39 is 0 Å². The highest BCUT2D eigenvalue weighted by Gasteiger charge is 2.03. The fourth-order valence-electron chi connectivity index (χ4n) is 1.29. The molecular weight excluding hydrogens is 222 g/mol. The lowest BCUT2D eigenvalue weighted by atomic mass is 10.3. The molecule has 0 fully saturated rings. The van der Waals surface area contributed by atoms with Gasteiger partial charge in [0, 0.05) is 25.5 Å². The van der Waals surface area contributed by atoms with Crippen molar-refractivity contribution in [2.24, 2.45) is 0 Å². The second kappa shape index (κ2) is 4.98. The molecule has 2 N–H and O–H groups in total. The second-order valence-corrected chi connectivity index (χ2v) is 4.67. The van der Waals surface area contributed by atoms with E-state index in [1.54, 1.807) is 11.3 Å². The van der Waals surface area contributed by atoms with Crippen molar-refractivity contribution in [2.45, 2.75) is 6.42 Å². The third kappa shape index (κ3) is 2.73. The zero-order valence-electron chi connectivity index (χ0n) is 9.40. The Labute approximate surface area is 98.5 Å². The highest BCUT2D eigenvalue weighted by molar-refractivity contribution is 7.09. The lowest BCUT2D eigenvalue weighted by Gasteiger charge is -2.04. The van der Waals surface area contributed by atoms with Crippen LogP contribution in [0.5, 0.6) is 0 Å². The van der Waals surface area contributed by atoms with Crippen molar-refractivity contribution in [3.63, 3.8) is 0 Å². The Kier molecular flexibility index (Phi) is 3.40. The summed E-state index contributed by atoms with van der Waals surface area (Å²) in [6.45, 7) is 0.864. The Morgan fingerprint density at radius 3 is 3.00 bits per heavy atom. The number of nitrogens with zero attached hydrogens (tertiary/aromatic N) is 3. The highest BCUT2D eigenvalue weighted by Crippen LogP contribution is 2.10. The number of aromatic amines is 1. The van der Waals surface area contributed by atoms with Crippen LogP contribution in [0.15, 0.2) is 17.5 Å². The molecule has 0 saturated carbocycles. The zero-order valence-corrected chi connectivity index (χ0v) is 10.2. The molecule has 0 unspecified atom stereocenters. The minimum Gasteiger partial charge on any atom is -0.354 e. The average molecular weight is 237 g/mol. The van der Waals surface area contributed by atoms with Gasteiger partial charge in [-0.1, -0.05) is 6.07 Å². The summed E-state index contributed by atoms with van der Waals surface area (Å²) >= 11 is 1.77. The monoisotopic (exact) mass is 237 g/mol. The third-order valence-electron chi connectivity index (χ3n) is 2.12. The zero-order chi connectivity index (χ0) is 11.4. The standard InChI is InChI=1S/C10H15N5S/c1-15(2)10-12-9(13-14-10)11-6-5-8-4-3-7-16-8/h3-4,7H,5-6H2,1-2H3,(H2,11,12,13,14). The van der Waals surface area contributed by atoms with E-state index in [0.717, 1.165) is 18.9 Å². The summed E-state index contributed by atoms with van der Waals surface area (Å²) in [5.41, 5.74) is 0. The largest absolute Gasteiger partial charge is 0.354 e. The van der Waals surface area contributed by atoms with Crippen LogP contribution in [-0.2, 0) is 6.42 Å². The molecule has 0 bridgehead atoms. The molecule has 2 aromatic rings. The summed E-state index contributed by atoms with van der Waals surface area (Å²) in [6.07, 6.45) is 1.01. The van der Waals surface area contributed by atoms with E-state index in [1.807, 2.05) is 19.0 Å². The van der Waals surface area contributed by atoms with Crippen LogP contribution in [0.3, 0.4) is 0 Å². The van der Waals surface area contributed by atoms with E-state index in [-0.39, 0.29) is 0 Å². The molecule has 5 nitrogen and oxygen atoms in total. The predicted molar refractivity (Wildman–Crippen MR) is 67.2 cm³/mol. The number of hydrogen-bond donors (Lipinski definition) is 2. The van der Waals surface area contributed by atoms with Crippen LogP contribution < -0.4 is 10.2 Å². The average Bonchev–Trinajstić information content (AvgIpc) is 2.87. The van der Waals surface area contributed by atoms with Crippen molar-refractivity contribution in [3.05, 3.63) is 22.4 Å². The summed E-state index contributed by atoms with van der Waals surface area (Å²) in [5.74, 6) is 1.42. The van der Waals surface area contributed by atoms with Gasteiger partial charge in [0.25, 0.3) is 0 Å². The maximum absolute atomic E-state index is 4.28. The van der Waals surface area contributed by atoms with E-state index in [4.69, 9.17) is 0 Å².